The van der Waals surface area contributed by atoms with E-state index in [9.17, 15) is 22.6 Å². The van der Waals surface area contributed by atoms with E-state index in [0.29, 0.717) is 0 Å². The van der Waals surface area contributed by atoms with E-state index in [1.807, 2.05) is 0 Å². The quantitative estimate of drug-likeness (QED) is 0.119. The van der Waals surface area contributed by atoms with Gasteiger partial charge in [-0.2, -0.15) is 0 Å². The molecule has 1 aromatic carbocycles. The normalized spacial score (nSPS) is 11.8. The molecule has 0 aliphatic carbocycles. The van der Waals surface area contributed by atoms with Crippen molar-refractivity contribution in [2.75, 3.05) is 0 Å². The molecule has 10 heteroatoms. The van der Waals surface area contributed by atoms with Gasteiger partial charge in [0.15, 0.2) is 0 Å². The maximum atomic E-state index is 11.7. The van der Waals surface area contributed by atoms with Crippen molar-refractivity contribution in [3.05, 3.63) is 24.3 Å². The number of hydrogen-bond donors (Lipinski definition) is 0. The third-order valence-corrected chi connectivity index (χ3v) is 4.71. The largest absolute Gasteiger partial charge is 1.00 e. The Kier molecular flexibility index (Phi) is 14.2. The van der Waals surface area contributed by atoms with Gasteiger partial charge in [-0.1, -0.05) is 45.4 Å². The Morgan fingerprint density at radius 2 is 1.52 bits per heavy atom. The van der Waals surface area contributed by atoms with E-state index in [2.05, 4.69) is 6.92 Å². The van der Waals surface area contributed by atoms with Crippen LogP contribution in [0.2, 0.25) is 0 Å². The third-order valence-electron chi connectivity index (χ3n) is 3.86. The average Bonchev–Trinajstić information content (AvgIpc) is 2.60. The first-order valence-corrected chi connectivity index (χ1v) is 10.8. The molecule has 0 spiro atoms. The maximum Gasteiger partial charge on any atom is 1.00 e. The Hall–Kier alpha value is -1.13. The zero-order valence-corrected chi connectivity index (χ0v) is 20.0. The van der Waals surface area contributed by atoms with E-state index in [0.717, 1.165) is 49.9 Å². The van der Waals surface area contributed by atoms with Crippen LogP contribution in [-0.4, -0.2) is 31.4 Å². The van der Waals surface area contributed by atoms with Crippen molar-refractivity contribution >= 4 is 22.2 Å². The fraction of sp³-hybridized carbons (Fsp3) is 0.579. The summed E-state index contributed by atoms with van der Waals surface area (Å²) in [5.74, 6) is -0.474. The van der Waals surface area contributed by atoms with Gasteiger partial charge in [-0.3, -0.25) is 4.79 Å². The van der Waals surface area contributed by atoms with Gasteiger partial charge in [0.2, 0.25) is 6.29 Å². The Morgan fingerprint density at radius 1 is 0.966 bits per heavy atom. The summed E-state index contributed by atoms with van der Waals surface area (Å²) in [5.41, 5.74) is 0. The van der Waals surface area contributed by atoms with Crippen LogP contribution in [0.4, 0.5) is 4.79 Å². The first-order chi connectivity index (χ1) is 13.2. The summed E-state index contributed by atoms with van der Waals surface area (Å²) in [6, 6.07) is 4.31. The number of esters is 1. The van der Waals surface area contributed by atoms with Gasteiger partial charge in [-0.15, -0.1) is 0 Å². The van der Waals surface area contributed by atoms with Gasteiger partial charge in [-0.25, -0.2) is 13.2 Å². The van der Waals surface area contributed by atoms with Gasteiger partial charge >= 0.3 is 41.7 Å². The molecule has 0 heterocycles. The summed E-state index contributed by atoms with van der Waals surface area (Å²) < 4.78 is 47.1. The Labute approximate surface area is 194 Å². The fourth-order valence-corrected chi connectivity index (χ4v) is 2.89. The van der Waals surface area contributed by atoms with Crippen LogP contribution < -0.4 is 34.3 Å². The van der Waals surface area contributed by atoms with Crippen molar-refractivity contribution in [2.45, 2.75) is 76.4 Å². The second kappa shape index (κ2) is 14.8. The van der Waals surface area contributed by atoms with Gasteiger partial charge in [0.1, 0.15) is 15.9 Å². The molecule has 0 fully saturated rings. The van der Waals surface area contributed by atoms with Gasteiger partial charge < -0.3 is 18.8 Å². The molecule has 0 amide bonds. The minimum absolute atomic E-state index is 0. The van der Waals surface area contributed by atoms with Crippen LogP contribution in [0.5, 0.6) is 5.75 Å². The Balaban J connectivity index is 0.00000784. The molecule has 1 unspecified atom stereocenters. The number of unbranched alkanes of at least 4 members (excludes halogenated alkanes) is 6. The van der Waals surface area contributed by atoms with Gasteiger partial charge in [0.05, 0.1) is 4.90 Å². The summed E-state index contributed by atoms with van der Waals surface area (Å²) in [5, 5.41) is 0. The van der Waals surface area contributed by atoms with Crippen molar-refractivity contribution in [1.82, 2.24) is 0 Å². The van der Waals surface area contributed by atoms with Crippen molar-refractivity contribution in [1.29, 1.82) is 0 Å². The fourth-order valence-electron chi connectivity index (χ4n) is 2.42. The van der Waals surface area contributed by atoms with Crippen LogP contribution in [0, 0.1) is 0 Å². The Morgan fingerprint density at radius 3 is 2.07 bits per heavy atom. The van der Waals surface area contributed by atoms with Crippen LogP contribution in [0.1, 0.15) is 65.2 Å². The summed E-state index contributed by atoms with van der Waals surface area (Å²) in [4.78, 5) is 22.9. The Bertz CT molecular complexity index is 718. The molecular weight excluding hydrogens is 411 g/mol. The molecule has 0 bridgehead atoms. The summed E-state index contributed by atoms with van der Waals surface area (Å²) in [7, 11) is -4.58. The monoisotopic (exact) mass is 438 g/mol. The molecule has 1 rings (SSSR count). The predicted octanol–water partition coefficient (Wildman–Crippen LogP) is 1.14. The summed E-state index contributed by atoms with van der Waals surface area (Å²) in [6.07, 6.45) is 5.57. The van der Waals surface area contributed by atoms with E-state index in [1.165, 1.54) is 26.2 Å². The van der Waals surface area contributed by atoms with Crippen LogP contribution in [-0.2, 0) is 24.4 Å². The smallest absolute Gasteiger partial charge is 0.744 e. The maximum absolute atomic E-state index is 11.7. The minimum Gasteiger partial charge on any atom is -0.744 e. The van der Waals surface area contributed by atoms with Crippen LogP contribution in [0.25, 0.3) is 0 Å². The van der Waals surface area contributed by atoms with Crippen molar-refractivity contribution in [2.24, 2.45) is 0 Å². The number of benzene rings is 1. The van der Waals surface area contributed by atoms with Crippen molar-refractivity contribution < 1.29 is 66.3 Å². The molecule has 0 saturated carbocycles. The SMILES string of the molecule is CCCCCCCCCC(=O)OC(C)OC(=O)Oc1ccc(S(=O)(=O)[O-])cc1.[Na+]. The first kappa shape index (κ1) is 27.9. The zero-order valence-electron chi connectivity index (χ0n) is 17.2. The number of hydrogen-bond acceptors (Lipinski definition) is 8. The molecule has 0 saturated heterocycles. The molecule has 29 heavy (non-hydrogen) atoms. The van der Waals surface area contributed by atoms with Crippen molar-refractivity contribution in [3.63, 3.8) is 0 Å². The molecule has 1 aromatic rings. The number of rotatable bonds is 12. The van der Waals surface area contributed by atoms with Gasteiger partial charge in [0, 0.05) is 13.3 Å². The number of carbonyl (C=O) groups is 2. The molecule has 8 nitrogen and oxygen atoms in total. The van der Waals surface area contributed by atoms with E-state index >= 15 is 0 Å². The van der Waals surface area contributed by atoms with E-state index in [4.69, 9.17) is 14.2 Å². The number of carbonyl (C=O) groups excluding carboxylic acids is 2. The molecule has 158 valence electrons. The van der Waals surface area contributed by atoms with E-state index < -0.39 is 33.4 Å². The van der Waals surface area contributed by atoms with Crippen LogP contribution >= 0.6 is 0 Å². The van der Waals surface area contributed by atoms with Gasteiger partial charge in [-0.05, 0) is 30.7 Å². The van der Waals surface area contributed by atoms with Crippen LogP contribution in [0.15, 0.2) is 29.2 Å². The summed E-state index contributed by atoms with van der Waals surface area (Å²) in [6.45, 7) is 3.54. The second-order valence-corrected chi connectivity index (χ2v) is 7.70. The van der Waals surface area contributed by atoms with E-state index in [-0.39, 0.29) is 41.7 Å². The van der Waals surface area contributed by atoms with Crippen molar-refractivity contribution in [3.8, 4) is 5.75 Å². The van der Waals surface area contributed by atoms with Gasteiger partial charge in [0.25, 0.3) is 0 Å². The number of ether oxygens (including phenoxy) is 3. The summed E-state index contributed by atoms with van der Waals surface area (Å²) >= 11 is 0. The van der Waals surface area contributed by atoms with Crippen LogP contribution in [0.3, 0.4) is 0 Å². The molecule has 0 aliphatic heterocycles. The average molecular weight is 438 g/mol. The molecule has 0 aromatic heterocycles. The molecular formula is C19H27NaO8S. The molecule has 0 N–H and O–H groups in total. The zero-order chi connectivity index (χ0) is 21.0. The third kappa shape index (κ3) is 12.9. The second-order valence-electron chi connectivity index (χ2n) is 6.32. The predicted molar refractivity (Wildman–Crippen MR) is 99.7 cm³/mol. The standard InChI is InChI=1S/C19H28O8S.Na/c1-3-4-5-6-7-8-9-10-18(20)25-15(2)26-19(21)27-16-11-13-17(14-12-16)28(22,23)24;/h11-15H,3-10H2,1-2H3,(H,22,23,24);/q;+1/p-1. The topological polar surface area (TPSA) is 119 Å². The molecule has 1 atom stereocenters. The first-order valence-electron chi connectivity index (χ1n) is 9.36. The molecule has 0 aliphatic rings. The minimum atomic E-state index is -4.58. The van der Waals surface area contributed by atoms with E-state index in [1.54, 1.807) is 0 Å². The molecule has 0 radical (unpaired) electrons.